The zero-order valence-corrected chi connectivity index (χ0v) is 18.4. The molecule has 0 fully saturated rings. The van der Waals surface area contributed by atoms with Gasteiger partial charge in [0.05, 0.1) is 17.1 Å². The van der Waals surface area contributed by atoms with Gasteiger partial charge < -0.3 is 14.7 Å². The number of carboxylic acids is 1. The number of nitrogens with one attached hydrogen (secondary N) is 1. The third-order valence-electron chi connectivity index (χ3n) is 5.92. The van der Waals surface area contributed by atoms with Crippen LogP contribution in [0.2, 0.25) is 5.02 Å². The summed E-state index contributed by atoms with van der Waals surface area (Å²) < 4.78 is 16.3. The van der Waals surface area contributed by atoms with Gasteiger partial charge in [-0.05, 0) is 26.0 Å². The maximum Gasteiger partial charge on any atom is 0.308 e. The van der Waals surface area contributed by atoms with E-state index in [9.17, 15) is 14.3 Å². The minimum atomic E-state index is -0.937. The summed E-state index contributed by atoms with van der Waals surface area (Å²) in [5.41, 5.74) is 2.73. The van der Waals surface area contributed by atoms with Gasteiger partial charge in [0.2, 0.25) is 0 Å². The van der Waals surface area contributed by atoms with E-state index in [2.05, 4.69) is 19.9 Å². The first-order valence-corrected chi connectivity index (χ1v) is 10.6. The predicted molar refractivity (Wildman–Crippen MR) is 122 cm³/mol. The molecule has 0 unspecified atom stereocenters. The number of aliphatic carboxylic acids is 1. The van der Waals surface area contributed by atoms with Gasteiger partial charge >= 0.3 is 5.97 Å². The second kappa shape index (κ2) is 7.93. The van der Waals surface area contributed by atoms with E-state index in [4.69, 9.17) is 16.6 Å². The number of hydrogen-bond donors (Lipinski definition) is 2. The molecule has 0 aliphatic heterocycles. The van der Waals surface area contributed by atoms with E-state index < -0.39 is 23.7 Å². The van der Waals surface area contributed by atoms with E-state index >= 15 is 0 Å². The second-order valence-corrected chi connectivity index (χ2v) is 8.29. The first-order valence-electron chi connectivity index (χ1n) is 10.2. The van der Waals surface area contributed by atoms with E-state index in [1.807, 2.05) is 0 Å². The maximum atomic E-state index is 14.6. The number of pyridine rings is 2. The minimum Gasteiger partial charge on any atom is -0.481 e. The number of nitrogens with zero attached hydrogens (tertiary/aromatic N) is 5. The Balaban J connectivity index is 1.76. The van der Waals surface area contributed by atoms with E-state index in [1.54, 1.807) is 55.3 Å². The quantitative estimate of drug-likeness (QED) is 0.374. The monoisotopic (exact) mass is 464 g/mol. The van der Waals surface area contributed by atoms with Crippen molar-refractivity contribution in [3.63, 3.8) is 0 Å². The van der Waals surface area contributed by atoms with E-state index in [0.29, 0.717) is 44.2 Å². The molecule has 5 aromatic rings. The van der Waals surface area contributed by atoms with Crippen molar-refractivity contribution in [2.75, 3.05) is 0 Å². The molecule has 33 heavy (non-hydrogen) atoms. The second-order valence-electron chi connectivity index (χ2n) is 7.86. The Kier molecular flexibility index (Phi) is 5.05. The highest BCUT2D eigenvalue weighted by molar-refractivity contribution is 6.31. The van der Waals surface area contributed by atoms with Gasteiger partial charge in [0.1, 0.15) is 17.1 Å². The number of aromatic amines is 1. The highest BCUT2D eigenvalue weighted by Crippen LogP contribution is 2.36. The fourth-order valence-electron chi connectivity index (χ4n) is 3.89. The lowest BCUT2D eigenvalue weighted by Gasteiger charge is -2.18. The van der Waals surface area contributed by atoms with Crippen LogP contribution in [0.1, 0.15) is 19.9 Å². The van der Waals surface area contributed by atoms with Gasteiger partial charge in [-0.25, -0.2) is 19.3 Å². The number of hydrogen-bond acceptors (Lipinski definition) is 5. The number of rotatable bonds is 5. The Morgan fingerprint density at radius 1 is 1.15 bits per heavy atom. The van der Waals surface area contributed by atoms with Crippen molar-refractivity contribution < 1.29 is 14.3 Å². The summed E-state index contributed by atoms with van der Waals surface area (Å²) in [4.78, 5) is 32.1. The number of halogens is 2. The fraction of sp³-hybridized carbons (Fsp3) is 0.174. The Labute approximate surface area is 192 Å². The van der Waals surface area contributed by atoms with Crippen LogP contribution in [0, 0.1) is 11.7 Å². The molecule has 0 amide bonds. The lowest BCUT2D eigenvalue weighted by molar-refractivity contribution is -0.142. The molecule has 2 N–H and O–H groups in total. The Morgan fingerprint density at radius 2 is 1.97 bits per heavy atom. The van der Waals surface area contributed by atoms with Crippen molar-refractivity contribution in [1.82, 2.24) is 29.5 Å². The molecule has 5 aromatic heterocycles. The van der Waals surface area contributed by atoms with E-state index in [0.717, 1.165) is 11.6 Å². The highest BCUT2D eigenvalue weighted by atomic mass is 35.5. The third-order valence-corrected chi connectivity index (χ3v) is 6.13. The number of fused-ring (bicyclic) bond motifs is 2. The molecule has 5 rings (SSSR count). The summed E-state index contributed by atoms with van der Waals surface area (Å²) in [5, 5.41) is 11.4. The topological polar surface area (TPSA) is 110 Å². The van der Waals surface area contributed by atoms with Crippen LogP contribution in [-0.4, -0.2) is 40.6 Å². The Bertz CT molecular complexity index is 1530. The molecule has 166 valence electrons. The van der Waals surface area contributed by atoms with Crippen LogP contribution in [0.3, 0.4) is 0 Å². The van der Waals surface area contributed by atoms with Gasteiger partial charge in [-0.1, -0.05) is 11.6 Å². The van der Waals surface area contributed by atoms with Crippen molar-refractivity contribution in [1.29, 1.82) is 0 Å². The van der Waals surface area contributed by atoms with Crippen molar-refractivity contribution in [3.05, 3.63) is 60.2 Å². The zero-order chi connectivity index (χ0) is 23.3. The first-order chi connectivity index (χ1) is 15.8. The van der Waals surface area contributed by atoms with Gasteiger partial charge in [-0.15, -0.1) is 0 Å². The minimum absolute atomic E-state index is 0.336. The zero-order valence-electron chi connectivity index (χ0n) is 17.6. The third kappa shape index (κ3) is 3.50. The summed E-state index contributed by atoms with van der Waals surface area (Å²) in [6, 6.07) is 2.89. The summed E-state index contributed by atoms with van der Waals surface area (Å²) in [6.45, 7) is 3.42. The normalized spacial score (nSPS) is 13.5. The summed E-state index contributed by atoms with van der Waals surface area (Å²) in [6.07, 6.45) is 9.28. The van der Waals surface area contributed by atoms with Crippen LogP contribution in [0.4, 0.5) is 4.39 Å². The molecule has 0 saturated heterocycles. The molecule has 10 heteroatoms. The van der Waals surface area contributed by atoms with Crippen LogP contribution < -0.4 is 0 Å². The molecular weight excluding hydrogens is 447 g/mol. The average Bonchev–Trinajstić information content (AvgIpc) is 3.39. The average molecular weight is 465 g/mol. The first kappa shape index (κ1) is 21.0. The van der Waals surface area contributed by atoms with Crippen molar-refractivity contribution in [2.24, 2.45) is 5.92 Å². The molecule has 0 radical (unpaired) electrons. The van der Waals surface area contributed by atoms with Crippen LogP contribution in [0.15, 0.2) is 49.3 Å². The molecule has 0 spiro atoms. The molecular formula is C23H18ClFN6O2. The SMILES string of the molecule is C[C@H]([C@@H](C)C(=O)O)n1cc(-c2ccncc2F)c2cnc(-c3c[nH]c4ncc(Cl)cc34)nc21. The Hall–Kier alpha value is -3.85. The highest BCUT2D eigenvalue weighted by Gasteiger charge is 2.25. The van der Waals surface area contributed by atoms with Crippen LogP contribution in [0.25, 0.3) is 44.6 Å². The number of aromatic nitrogens is 6. The molecule has 8 nitrogen and oxygen atoms in total. The van der Waals surface area contributed by atoms with Crippen molar-refractivity contribution >= 4 is 39.6 Å². The molecule has 0 aromatic carbocycles. The molecule has 2 atom stereocenters. The van der Waals surface area contributed by atoms with Crippen molar-refractivity contribution in [2.45, 2.75) is 19.9 Å². The van der Waals surface area contributed by atoms with Crippen molar-refractivity contribution in [3.8, 4) is 22.5 Å². The molecule has 0 aliphatic rings. The van der Waals surface area contributed by atoms with Gasteiger partial charge in [-0.3, -0.25) is 9.78 Å². The summed E-state index contributed by atoms with van der Waals surface area (Å²) in [5.74, 6) is -1.72. The number of carbonyl (C=O) groups is 1. The molecule has 0 saturated carbocycles. The van der Waals surface area contributed by atoms with E-state index in [-0.39, 0.29) is 0 Å². The molecule has 5 heterocycles. The van der Waals surface area contributed by atoms with Gasteiger partial charge in [0.15, 0.2) is 5.82 Å². The fourth-order valence-corrected chi connectivity index (χ4v) is 4.05. The maximum absolute atomic E-state index is 14.6. The van der Waals surface area contributed by atoms with Gasteiger partial charge in [0, 0.05) is 64.5 Å². The standard InChI is InChI=1S/C23H18ClFN6O2/c1-11(23(32)33)12(2)31-10-18(14-3-4-26-9-19(14)25)17-8-29-21(30-22(17)31)16-7-28-20-15(16)5-13(24)6-27-20/h3-12H,1-2H3,(H,27,28)(H,32,33)/t11-,12-/m1/s1. The summed E-state index contributed by atoms with van der Waals surface area (Å²) >= 11 is 6.13. The Morgan fingerprint density at radius 3 is 2.73 bits per heavy atom. The lowest BCUT2D eigenvalue weighted by atomic mass is 10.0. The number of carboxylic acid groups (broad SMARTS) is 1. The lowest BCUT2D eigenvalue weighted by Crippen LogP contribution is -2.21. The van der Waals surface area contributed by atoms with Crippen LogP contribution in [0.5, 0.6) is 0 Å². The predicted octanol–water partition coefficient (Wildman–Crippen LogP) is 5.11. The molecule has 0 bridgehead atoms. The summed E-state index contributed by atoms with van der Waals surface area (Å²) in [7, 11) is 0. The van der Waals surface area contributed by atoms with E-state index in [1.165, 1.54) is 6.20 Å². The van der Waals surface area contributed by atoms with Gasteiger partial charge in [0.25, 0.3) is 0 Å². The largest absolute Gasteiger partial charge is 0.481 e. The van der Waals surface area contributed by atoms with Crippen LogP contribution in [-0.2, 0) is 4.79 Å². The smallest absolute Gasteiger partial charge is 0.308 e. The van der Waals surface area contributed by atoms with Gasteiger partial charge in [-0.2, -0.15) is 0 Å². The van der Waals surface area contributed by atoms with Crippen LogP contribution >= 0.6 is 11.6 Å². The molecule has 0 aliphatic carbocycles. The number of H-pyrrole nitrogens is 1.